The van der Waals surface area contributed by atoms with Crippen LogP contribution in [-0.2, 0) is 16.0 Å². The highest BCUT2D eigenvalue weighted by molar-refractivity contribution is 7.26. The SMILES string of the molecule is CCOC(=O)Cc1ccc2c(c1)sc1c(Cl)cccc12. The van der Waals surface area contributed by atoms with Gasteiger partial charge in [-0.2, -0.15) is 0 Å². The van der Waals surface area contributed by atoms with Crippen LogP contribution in [-0.4, -0.2) is 12.6 Å². The van der Waals surface area contributed by atoms with Crippen LogP contribution >= 0.6 is 22.9 Å². The van der Waals surface area contributed by atoms with Gasteiger partial charge in [0.2, 0.25) is 0 Å². The number of hydrogen-bond acceptors (Lipinski definition) is 3. The minimum Gasteiger partial charge on any atom is -0.466 e. The van der Waals surface area contributed by atoms with E-state index >= 15 is 0 Å². The number of halogens is 1. The van der Waals surface area contributed by atoms with Gasteiger partial charge in [-0.15, -0.1) is 11.3 Å². The average molecular weight is 305 g/mol. The van der Waals surface area contributed by atoms with Gasteiger partial charge in [-0.05, 0) is 24.6 Å². The fourth-order valence-electron chi connectivity index (χ4n) is 2.30. The Labute approximate surface area is 125 Å². The molecule has 4 heteroatoms. The number of thiophene rings is 1. The lowest BCUT2D eigenvalue weighted by atomic mass is 10.1. The first-order valence-electron chi connectivity index (χ1n) is 6.44. The first-order valence-corrected chi connectivity index (χ1v) is 7.63. The van der Waals surface area contributed by atoms with Gasteiger partial charge in [0, 0.05) is 15.5 Å². The van der Waals surface area contributed by atoms with Crippen molar-refractivity contribution in [3.05, 3.63) is 47.0 Å². The van der Waals surface area contributed by atoms with Gasteiger partial charge in [0.25, 0.3) is 0 Å². The molecular formula is C16H13ClO2S. The maximum Gasteiger partial charge on any atom is 0.310 e. The highest BCUT2D eigenvalue weighted by Crippen LogP contribution is 2.38. The smallest absolute Gasteiger partial charge is 0.310 e. The van der Waals surface area contributed by atoms with E-state index in [0.29, 0.717) is 13.0 Å². The van der Waals surface area contributed by atoms with E-state index in [0.717, 1.165) is 20.0 Å². The molecule has 0 aliphatic rings. The molecule has 2 nitrogen and oxygen atoms in total. The molecule has 0 fully saturated rings. The standard InChI is InChI=1S/C16H13ClO2S/c1-2-19-15(18)9-10-6-7-11-12-4-3-5-13(17)16(12)20-14(11)8-10/h3-8H,2,9H2,1H3. The van der Waals surface area contributed by atoms with E-state index in [4.69, 9.17) is 16.3 Å². The Bertz CT molecular complexity index is 792. The number of esters is 1. The van der Waals surface area contributed by atoms with Crippen molar-refractivity contribution in [3.63, 3.8) is 0 Å². The van der Waals surface area contributed by atoms with Crippen molar-refractivity contribution in [2.45, 2.75) is 13.3 Å². The van der Waals surface area contributed by atoms with Crippen LogP contribution in [0.1, 0.15) is 12.5 Å². The predicted octanol–water partition coefficient (Wildman–Crippen LogP) is 4.81. The lowest BCUT2D eigenvalue weighted by Gasteiger charge is -2.02. The van der Waals surface area contributed by atoms with Gasteiger partial charge < -0.3 is 4.74 Å². The van der Waals surface area contributed by atoms with Gasteiger partial charge in [0.05, 0.1) is 22.8 Å². The van der Waals surface area contributed by atoms with Crippen LogP contribution in [0, 0.1) is 0 Å². The van der Waals surface area contributed by atoms with Crippen molar-refractivity contribution >= 4 is 49.1 Å². The van der Waals surface area contributed by atoms with E-state index in [9.17, 15) is 4.79 Å². The second-order valence-corrected chi connectivity index (χ2v) is 5.99. The second kappa shape index (κ2) is 5.43. The van der Waals surface area contributed by atoms with Gasteiger partial charge in [0.15, 0.2) is 0 Å². The van der Waals surface area contributed by atoms with Crippen LogP contribution in [0.3, 0.4) is 0 Å². The summed E-state index contributed by atoms with van der Waals surface area (Å²) in [5, 5.41) is 3.12. The molecule has 3 rings (SSSR count). The Morgan fingerprint density at radius 1 is 1.25 bits per heavy atom. The number of ether oxygens (including phenoxy) is 1. The van der Waals surface area contributed by atoms with Crippen LogP contribution in [0.5, 0.6) is 0 Å². The minimum absolute atomic E-state index is 0.189. The molecule has 20 heavy (non-hydrogen) atoms. The summed E-state index contributed by atoms with van der Waals surface area (Å²) in [7, 11) is 0. The third-order valence-corrected chi connectivity index (χ3v) is 4.80. The van der Waals surface area contributed by atoms with Crippen molar-refractivity contribution in [3.8, 4) is 0 Å². The van der Waals surface area contributed by atoms with Crippen LogP contribution in [0.15, 0.2) is 36.4 Å². The fraction of sp³-hybridized carbons (Fsp3) is 0.188. The van der Waals surface area contributed by atoms with E-state index in [1.807, 2.05) is 31.2 Å². The van der Waals surface area contributed by atoms with E-state index in [2.05, 4.69) is 12.1 Å². The van der Waals surface area contributed by atoms with E-state index in [1.165, 1.54) is 10.8 Å². The Kier molecular flexibility index (Phi) is 3.64. The highest BCUT2D eigenvalue weighted by Gasteiger charge is 2.10. The number of rotatable bonds is 3. The molecule has 0 amide bonds. The summed E-state index contributed by atoms with van der Waals surface area (Å²) in [5.41, 5.74) is 0.971. The molecule has 102 valence electrons. The quantitative estimate of drug-likeness (QED) is 0.649. The molecule has 0 aliphatic heterocycles. The first kappa shape index (κ1) is 13.4. The Hall–Kier alpha value is -1.58. The molecule has 0 aliphatic carbocycles. The third kappa shape index (κ3) is 2.39. The molecule has 0 atom stereocenters. The normalized spacial score (nSPS) is 11.1. The first-order chi connectivity index (χ1) is 9.69. The summed E-state index contributed by atoms with van der Waals surface area (Å²) in [4.78, 5) is 11.5. The molecule has 3 aromatic rings. The molecule has 2 aromatic carbocycles. The molecule has 0 spiro atoms. The average Bonchev–Trinajstić information content (AvgIpc) is 2.78. The molecule has 0 bridgehead atoms. The zero-order valence-electron chi connectivity index (χ0n) is 11.0. The van der Waals surface area contributed by atoms with Gasteiger partial charge in [0.1, 0.15) is 0 Å². The van der Waals surface area contributed by atoms with E-state index < -0.39 is 0 Å². The maximum absolute atomic E-state index is 11.5. The molecular weight excluding hydrogens is 292 g/mol. The van der Waals surface area contributed by atoms with E-state index in [1.54, 1.807) is 11.3 Å². The summed E-state index contributed by atoms with van der Waals surface area (Å²) in [6.07, 6.45) is 0.311. The van der Waals surface area contributed by atoms with Gasteiger partial charge >= 0.3 is 5.97 Å². The molecule has 0 saturated carbocycles. The topological polar surface area (TPSA) is 26.3 Å². The lowest BCUT2D eigenvalue weighted by Crippen LogP contribution is -2.07. The molecule has 0 saturated heterocycles. The van der Waals surface area contributed by atoms with Crippen LogP contribution in [0.25, 0.3) is 20.2 Å². The largest absolute Gasteiger partial charge is 0.466 e. The Morgan fingerprint density at radius 3 is 2.90 bits per heavy atom. The minimum atomic E-state index is -0.189. The van der Waals surface area contributed by atoms with Crippen LogP contribution in [0.4, 0.5) is 0 Å². The molecule has 1 aromatic heterocycles. The zero-order chi connectivity index (χ0) is 14.1. The predicted molar refractivity (Wildman–Crippen MR) is 84.7 cm³/mol. The van der Waals surface area contributed by atoms with Crippen molar-refractivity contribution in [1.29, 1.82) is 0 Å². The van der Waals surface area contributed by atoms with Crippen molar-refractivity contribution < 1.29 is 9.53 Å². The van der Waals surface area contributed by atoms with Crippen molar-refractivity contribution in [2.24, 2.45) is 0 Å². The zero-order valence-corrected chi connectivity index (χ0v) is 12.6. The molecule has 0 N–H and O–H groups in total. The third-order valence-electron chi connectivity index (χ3n) is 3.17. The van der Waals surface area contributed by atoms with Crippen molar-refractivity contribution in [2.75, 3.05) is 6.61 Å². The number of carbonyl (C=O) groups is 1. The van der Waals surface area contributed by atoms with Crippen molar-refractivity contribution in [1.82, 2.24) is 0 Å². The number of hydrogen-bond donors (Lipinski definition) is 0. The van der Waals surface area contributed by atoms with Crippen LogP contribution < -0.4 is 0 Å². The summed E-state index contributed by atoms with van der Waals surface area (Å²) < 4.78 is 7.22. The highest BCUT2D eigenvalue weighted by atomic mass is 35.5. The van der Waals surface area contributed by atoms with Crippen LogP contribution in [0.2, 0.25) is 5.02 Å². The molecule has 0 radical (unpaired) electrons. The Balaban J connectivity index is 2.05. The van der Waals surface area contributed by atoms with Gasteiger partial charge in [-0.25, -0.2) is 0 Å². The fourth-order valence-corrected chi connectivity index (χ4v) is 3.76. The Morgan fingerprint density at radius 2 is 2.10 bits per heavy atom. The van der Waals surface area contributed by atoms with E-state index in [-0.39, 0.29) is 5.97 Å². The maximum atomic E-state index is 11.5. The summed E-state index contributed by atoms with van der Waals surface area (Å²) in [5.74, 6) is -0.189. The summed E-state index contributed by atoms with van der Waals surface area (Å²) in [6, 6.07) is 12.0. The summed E-state index contributed by atoms with van der Waals surface area (Å²) >= 11 is 7.89. The number of fused-ring (bicyclic) bond motifs is 3. The summed E-state index contributed by atoms with van der Waals surface area (Å²) in [6.45, 7) is 2.23. The molecule has 1 heterocycles. The second-order valence-electron chi connectivity index (χ2n) is 4.53. The molecule has 0 unspecified atom stereocenters. The monoisotopic (exact) mass is 304 g/mol. The van der Waals surface area contributed by atoms with Gasteiger partial charge in [-0.1, -0.05) is 35.9 Å². The number of carbonyl (C=O) groups excluding carboxylic acids is 1. The number of benzene rings is 2. The van der Waals surface area contributed by atoms with Gasteiger partial charge in [-0.3, -0.25) is 4.79 Å². The lowest BCUT2D eigenvalue weighted by molar-refractivity contribution is -0.142.